The van der Waals surface area contributed by atoms with Crippen LogP contribution in [0.15, 0.2) is 0 Å². The lowest BCUT2D eigenvalue weighted by Gasteiger charge is -2.24. The predicted octanol–water partition coefficient (Wildman–Crippen LogP) is -1.65. The number of rotatable bonds is 9. The van der Waals surface area contributed by atoms with Crippen LogP contribution >= 0.6 is 0 Å². The SMILES string of the molecule is CC(C)C[C@@H](C(=O)N[C@@H](C)C(=O)NCC(N)=O)N(O)C=O. The molecule has 0 fully saturated rings. The first-order chi connectivity index (χ1) is 9.68. The molecule has 0 rings (SSSR count). The van der Waals surface area contributed by atoms with E-state index < -0.39 is 29.8 Å². The highest BCUT2D eigenvalue weighted by atomic mass is 16.5. The van der Waals surface area contributed by atoms with Crippen molar-refractivity contribution in [3.05, 3.63) is 0 Å². The Morgan fingerprint density at radius 3 is 2.24 bits per heavy atom. The fourth-order valence-electron chi connectivity index (χ4n) is 1.56. The topological polar surface area (TPSA) is 142 Å². The number of hydrogen-bond acceptors (Lipinski definition) is 5. The van der Waals surface area contributed by atoms with Gasteiger partial charge < -0.3 is 16.4 Å². The summed E-state index contributed by atoms with van der Waals surface area (Å²) in [6.45, 7) is 4.71. The number of carbonyl (C=O) groups is 4. The van der Waals surface area contributed by atoms with Gasteiger partial charge in [-0.1, -0.05) is 13.8 Å². The van der Waals surface area contributed by atoms with Crippen LogP contribution in [0.1, 0.15) is 27.2 Å². The van der Waals surface area contributed by atoms with Crippen LogP contribution in [-0.4, -0.2) is 53.0 Å². The van der Waals surface area contributed by atoms with E-state index in [2.05, 4.69) is 10.6 Å². The molecule has 0 bridgehead atoms. The smallest absolute Gasteiger partial charge is 0.246 e. The van der Waals surface area contributed by atoms with Crippen LogP contribution in [0.2, 0.25) is 0 Å². The zero-order chi connectivity index (χ0) is 16.6. The summed E-state index contributed by atoms with van der Waals surface area (Å²) in [4.78, 5) is 44.7. The number of nitrogens with one attached hydrogen (secondary N) is 2. The maximum absolute atomic E-state index is 12.0. The van der Waals surface area contributed by atoms with Gasteiger partial charge in [0.2, 0.25) is 24.1 Å². The molecule has 0 spiro atoms. The van der Waals surface area contributed by atoms with Gasteiger partial charge in [-0.25, -0.2) is 5.06 Å². The van der Waals surface area contributed by atoms with Gasteiger partial charge in [0.05, 0.1) is 6.54 Å². The Hall–Kier alpha value is -2.16. The highest BCUT2D eigenvalue weighted by molar-refractivity contribution is 5.91. The van der Waals surface area contributed by atoms with Crippen LogP contribution in [0, 0.1) is 5.92 Å². The molecule has 0 aromatic carbocycles. The van der Waals surface area contributed by atoms with Crippen LogP contribution in [-0.2, 0) is 19.2 Å². The molecule has 21 heavy (non-hydrogen) atoms. The van der Waals surface area contributed by atoms with Crippen molar-refractivity contribution in [2.45, 2.75) is 39.3 Å². The van der Waals surface area contributed by atoms with Gasteiger partial charge in [0.25, 0.3) is 0 Å². The maximum atomic E-state index is 12.0. The van der Waals surface area contributed by atoms with E-state index in [9.17, 15) is 24.4 Å². The monoisotopic (exact) mass is 302 g/mol. The number of hydroxylamine groups is 2. The Balaban J connectivity index is 4.62. The van der Waals surface area contributed by atoms with Crippen molar-refractivity contribution in [3.8, 4) is 0 Å². The molecule has 0 saturated heterocycles. The standard InChI is InChI=1S/C12H22N4O5/c1-7(2)4-9(16(21)6-17)12(20)15-8(3)11(19)14-5-10(13)18/h6-9,21H,4-5H2,1-3H3,(H2,13,18)(H,14,19)(H,15,20)/t8-,9-/m0/s1. The van der Waals surface area contributed by atoms with Gasteiger partial charge in [-0.15, -0.1) is 0 Å². The number of nitrogens with zero attached hydrogens (tertiary/aromatic N) is 1. The average molecular weight is 302 g/mol. The van der Waals surface area contributed by atoms with Gasteiger partial charge in [0.15, 0.2) is 0 Å². The molecule has 0 aliphatic rings. The molecule has 0 aromatic rings. The lowest BCUT2D eigenvalue weighted by molar-refractivity contribution is -0.169. The third-order valence-electron chi connectivity index (χ3n) is 2.61. The normalized spacial score (nSPS) is 13.2. The van der Waals surface area contributed by atoms with Gasteiger partial charge in [0.1, 0.15) is 12.1 Å². The van der Waals surface area contributed by atoms with Gasteiger partial charge in [-0.05, 0) is 19.3 Å². The summed E-state index contributed by atoms with van der Waals surface area (Å²) < 4.78 is 0. The minimum Gasteiger partial charge on any atom is -0.368 e. The molecule has 4 amide bonds. The third-order valence-corrected chi connectivity index (χ3v) is 2.61. The molecule has 0 aliphatic carbocycles. The molecule has 0 unspecified atom stereocenters. The van der Waals surface area contributed by atoms with E-state index in [1.165, 1.54) is 6.92 Å². The van der Waals surface area contributed by atoms with Crippen molar-refractivity contribution in [2.75, 3.05) is 6.54 Å². The van der Waals surface area contributed by atoms with E-state index in [-0.39, 0.29) is 30.4 Å². The Morgan fingerprint density at radius 1 is 1.24 bits per heavy atom. The van der Waals surface area contributed by atoms with Crippen molar-refractivity contribution >= 4 is 24.1 Å². The molecular weight excluding hydrogens is 280 g/mol. The highest BCUT2D eigenvalue weighted by Crippen LogP contribution is 2.09. The van der Waals surface area contributed by atoms with Crippen molar-refractivity contribution < 1.29 is 24.4 Å². The number of hydrogen-bond donors (Lipinski definition) is 4. The first-order valence-corrected chi connectivity index (χ1v) is 6.47. The Morgan fingerprint density at radius 2 is 1.81 bits per heavy atom. The second kappa shape index (κ2) is 8.90. The van der Waals surface area contributed by atoms with Gasteiger partial charge in [-0.2, -0.15) is 0 Å². The van der Waals surface area contributed by atoms with E-state index in [4.69, 9.17) is 5.73 Å². The maximum Gasteiger partial charge on any atom is 0.246 e. The molecule has 2 atom stereocenters. The summed E-state index contributed by atoms with van der Waals surface area (Å²) in [7, 11) is 0. The van der Waals surface area contributed by atoms with Crippen LogP contribution in [0.5, 0.6) is 0 Å². The van der Waals surface area contributed by atoms with Gasteiger partial charge in [-0.3, -0.25) is 24.4 Å². The number of primary amides is 1. The Labute approximate surface area is 122 Å². The van der Waals surface area contributed by atoms with Crippen LogP contribution in [0.4, 0.5) is 0 Å². The second-order valence-corrected chi connectivity index (χ2v) is 5.05. The molecule has 0 radical (unpaired) electrons. The lowest BCUT2D eigenvalue weighted by atomic mass is 10.0. The van der Waals surface area contributed by atoms with Gasteiger partial charge >= 0.3 is 0 Å². The van der Waals surface area contributed by atoms with E-state index in [1.54, 1.807) is 0 Å². The number of amides is 4. The molecule has 9 heteroatoms. The molecule has 120 valence electrons. The first kappa shape index (κ1) is 18.8. The summed E-state index contributed by atoms with van der Waals surface area (Å²) in [5.41, 5.74) is 4.88. The van der Waals surface area contributed by atoms with Crippen molar-refractivity contribution in [2.24, 2.45) is 11.7 Å². The lowest BCUT2D eigenvalue weighted by Crippen LogP contribution is -2.52. The zero-order valence-electron chi connectivity index (χ0n) is 12.3. The minimum atomic E-state index is -1.09. The van der Waals surface area contributed by atoms with Crippen LogP contribution in [0.25, 0.3) is 0 Å². The number of carbonyl (C=O) groups excluding carboxylic acids is 4. The van der Waals surface area contributed by atoms with Crippen molar-refractivity contribution in [1.29, 1.82) is 0 Å². The Bertz CT molecular complexity index is 399. The quantitative estimate of drug-likeness (QED) is 0.229. The summed E-state index contributed by atoms with van der Waals surface area (Å²) in [5, 5.41) is 14.3. The molecule has 0 aromatic heterocycles. The minimum absolute atomic E-state index is 0.0503. The second-order valence-electron chi connectivity index (χ2n) is 5.05. The number of nitrogens with two attached hydrogens (primary N) is 1. The summed E-state index contributed by atoms with van der Waals surface area (Å²) in [5.74, 6) is -1.92. The molecule has 9 nitrogen and oxygen atoms in total. The largest absolute Gasteiger partial charge is 0.368 e. The molecule has 0 saturated carbocycles. The van der Waals surface area contributed by atoms with Gasteiger partial charge in [0, 0.05) is 0 Å². The van der Waals surface area contributed by atoms with E-state index in [0.29, 0.717) is 0 Å². The third kappa shape index (κ3) is 7.25. The van der Waals surface area contributed by atoms with E-state index in [1.807, 2.05) is 13.8 Å². The van der Waals surface area contributed by atoms with E-state index in [0.717, 1.165) is 0 Å². The predicted molar refractivity (Wildman–Crippen MR) is 72.7 cm³/mol. The molecular formula is C12H22N4O5. The molecule has 0 aliphatic heterocycles. The fourth-order valence-corrected chi connectivity index (χ4v) is 1.56. The van der Waals surface area contributed by atoms with Crippen LogP contribution in [0.3, 0.4) is 0 Å². The summed E-state index contributed by atoms with van der Waals surface area (Å²) in [6.07, 6.45) is 0.362. The first-order valence-electron chi connectivity index (χ1n) is 6.47. The zero-order valence-corrected chi connectivity index (χ0v) is 12.3. The Kier molecular flexibility index (Phi) is 7.99. The summed E-state index contributed by atoms with van der Waals surface area (Å²) >= 11 is 0. The average Bonchev–Trinajstić information content (AvgIpc) is 2.40. The fraction of sp³-hybridized carbons (Fsp3) is 0.667. The van der Waals surface area contributed by atoms with Crippen molar-refractivity contribution in [3.63, 3.8) is 0 Å². The molecule has 0 heterocycles. The molecule has 5 N–H and O–H groups in total. The van der Waals surface area contributed by atoms with E-state index >= 15 is 0 Å². The van der Waals surface area contributed by atoms with Crippen LogP contribution < -0.4 is 16.4 Å². The van der Waals surface area contributed by atoms with Crippen molar-refractivity contribution in [1.82, 2.24) is 15.7 Å². The summed E-state index contributed by atoms with van der Waals surface area (Å²) in [6, 6.07) is -2.03. The highest BCUT2D eigenvalue weighted by Gasteiger charge is 2.27.